The lowest BCUT2D eigenvalue weighted by Gasteiger charge is -2.10. The van der Waals surface area contributed by atoms with E-state index >= 15 is 0 Å². The van der Waals surface area contributed by atoms with Crippen LogP contribution in [0.25, 0.3) is 0 Å². The number of nitrogens with zero attached hydrogens (tertiary/aromatic N) is 3. The number of aromatic nitrogens is 4. The zero-order valence-corrected chi connectivity index (χ0v) is 13.3. The summed E-state index contributed by atoms with van der Waals surface area (Å²) in [5.74, 6) is -2.34. The number of nitrogens with one attached hydrogen (secondary N) is 2. The van der Waals surface area contributed by atoms with Crippen molar-refractivity contribution in [3.05, 3.63) is 65.5 Å². The zero-order valence-electron chi connectivity index (χ0n) is 13.3. The van der Waals surface area contributed by atoms with Crippen LogP contribution in [0.5, 0.6) is 5.75 Å². The molecule has 9 heteroatoms. The molecule has 2 aromatic carbocycles. The molecule has 0 aliphatic heterocycles. The molecule has 0 aliphatic carbocycles. The Morgan fingerprint density at radius 3 is 2.46 bits per heavy atom. The van der Waals surface area contributed by atoms with E-state index in [0.29, 0.717) is 5.56 Å². The largest absolute Gasteiger partial charge is 0.505 e. The summed E-state index contributed by atoms with van der Waals surface area (Å²) in [5.41, 5.74) is 0.375. The molecule has 0 radical (unpaired) electrons. The third-order valence-electron chi connectivity index (χ3n) is 3.54. The molecule has 0 fully saturated rings. The summed E-state index contributed by atoms with van der Waals surface area (Å²) in [4.78, 5) is 36.4. The van der Waals surface area contributed by atoms with Gasteiger partial charge in [0.1, 0.15) is 5.75 Å². The van der Waals surface area contributed by atoms with Crippen LogP contribution in [0.3, 0.4) is 0 Å². The second kappa shape index (κ2) is 7.34. The second-order valence-electron chi connectivity index (χ2n) is 5.28. The Morgan fingerprint density at radius 2 is 1.77 bits per heavy atom. The smallest absolute Gasteiger partial charge is 0.255 e. The first-order chi connectivity index (χ1) is 12.6. The van der Waals surface area contributed by atoms with Crippen LogP contribution in [-0.4, -0.2) is 43.2 Å². The molecular formula is C17H13N5O4. The van der Waals surface area contributed by atoms with E-state index in [1.165, 1.54) is 18.2 Å². The SMILES string of the molecule is O=C(Nc1cccc(C(=O)CC(=O)c2nn[nH]n2)c1O)c1ccccc1. The Bertz CT molecular complexity index is 955. The van der Waals surface area contributed by atoms with Gasteiger partial charge in [0, 0.05) is 5.56 Å². The number of aromatic amines is 1. The number of para-hydroxylation sites is 1. The van der Waals surface area contributed by atoms with E-state index in [9.17, 15) is 19.5 Å². The van der Waals surface area contributed by atoms with Gasteiger partial charge in [-0.15, -0.1) is 10.2 Å². The highest BCUT2D eigenvalue weighted by Gasteiger charge is 2.21. The van der Waals surface area contributed by atoms with Crippen LogP contribution < -0.4 is 5.32 Å². The average Bonchev–Trinajstić information content (AvgIpc) is 3.19. The van der Waals surface area contributed by atoms with Crippen molar-refractivity contribution in [2.45, 2.75) is 6.42 Å². The molecule has 26 heavy (non-hydrogen) atoms. The molecule has 0 unspecified atom stereocenters. The van der Waals surface area contributed by atoms with Crippen LogP contribution in [0, 0.1) is 0 Å². The topological polar surface area (TPSA) is 138 Å². The van der Waals surface area contributed by atoms with Crippen molar-refractivity contribution in [2.24, 2.45) is 0 Å². The van der Waals surface area contributed by atoms with Crippen LogP contribution in [0.2, 0.25) is 0 Å². The van der Waals surface area contributed by atoms with E-state index < -0.39 is 29.6 Å². The highest BCUT2D eigenvalue weighted by Crippen LogP contribution is 2.29. The molecule has 0 atom stereocenters. The number of Topliss-reactive ketones (excluding diaryl/α,β-unsaturated/α-hetero) is 2. The molecule has 9 nitrogen and oxygen atoms in total. The van der Waals surface area contributed by atoms with Crippen LogP contribution in [0.15, 0.2) is 48.5 Å². The fourth-order valence-electron chi connectivity index (χ4n) is 2.25. The van der Waals surface area contributed by atoms with E-state index in [4.69, 9.17) is 0 Å². The zero-order chi connectivity index (χ0) is 18.5. The van der Waals surface area contributed by atoms with Gasteiger partial charge < -0.3 is 10.4 Å². The number of aromatic hydroxyl groups is 1. The van der Waals surface area contributed by atoms with Gasteiger partial charge in [0.2, 0.25) is 11.6 Å². The van der Waals surface area contributed by atoms with E-state index in [0.717, 1.165) is 0 Å². The number of amides is 1. The Morgan fingerprint density at radius 1 is 1.00 bits per heavy atom. The van der Waals surface area contributed by atoms with Crippen molar-refractivity contribution in [2.75, 3.05) is 5.32 Å². The quantitative estimate of drug-likeness (QED) is 0.348. The van der Waals surface area contributed by atoms with E-state index in [-0.39, 0.29) is 17.1 Å². The van der Waals surface area contributed by atoms with Crippen molar-refractivity contribution in [1.29, 1.82) is 0 Å². The predicted octanol–water partition coefficient (Wildman–Crippen LogP) is 1.61. The van der Waals surface area contributed by atoms with Gasteiger partial charge in [0.15, 0.2) is 5.78 Å². The van der Waals surface area contributed by atoms with Gasteiger partial charge in [-0.1, -0.05) is 24.3 Å². The number of H-pyrrole nitrogens is 1. The van der Waals surface area contributed by atoms with Gasteiger partial charge in [0.05, 0.1) is 17.7 Å². The number of rotatable bonds is 6. The summed E-state index contributed by atoms with van der Waals surface area (Å²) in [7, 11) is 0. The number of phenolic OH excluding ortho intramolecular Hbond substituents is 1. The van der Waals surface area contributed by atoms with Crippen LogP contribution in [0.4, 0.5) is 5.69 Å². The summed E-state index contributed by atoms with van der Waals surface area (Å²) < 4.78 is 0. The van der Waals surface area contributed by atoms with Gasteiger partial charge in [-0.3, -0.25) is 14.4 Å². The minimum atomic E-state index is -0.637. The van der Waals surface area contributed by atoms with E-state index in [2.05, 4.69) is 25.9 Å². The Hall–Kier alpha value is -3.88. The maximum atomic E-state index is 12.3. The number of anilines is 1. The number of phenols is 1. The molecule has 0 saturated carbocycles. The van der Waals surface area contributed by atoms with Gasteiger partial charge in [-0.05, 0) is 29.5 Å². The summed E-state index contributed by atoms with van der Waals surface area (Å²) in [6.07, 6.45) is -0.539. The van der Waals surface area contributed by atoms with Crippen molar-refractivity contribution in [3.63, 3.8) is 0 Å². The van der Waals surface area contributed by atoms with Crippen molar-refractivity contribution < 1.29 is 19.5 Å². The van der Waals surface area contributed by atoms with Gasteiger partial charge >= 0.3 is 0 Å². The van der Waals surface area contributed by atoms with E-state index in [1.54, 1.807) is 30.3 Å². The minimum Gasteiger partial charge on any atom is -0.505 e. The maximum Gasteiger partial charge on any atom is 0.255 e. The van der Waals surface area contributed by atoms with Gasteiger partial charge in [0.25, 0.3) is 5.91 Å². The van der Waals surface area contributed by atoms with Crippen LogP contribution in [0.1, 0.15) is 37.8 Å². The maximum absolute atomic E-state index is 12.3. The monoisotopic (exact) mass is 351 g/mol. The molecule has 0 saturated heterocycles. The highest BCUT2D eigenvalue weighted by atomic mass is 16.3. The molecule has 1 heterocycles. The number of hydrogen-bond donors (Lipinski definition) is 3. The molecule has 0 spiro atoms. The summed E-state index contributed by atoms with van der Waals surface area (Å²) >= 11 is 0. The lowest BCUT2D eigenvalue weighted by atomic mass is 10.0. The highest BCUT2D eigenvalue weighted by molar-refractivity contribution is 6.14. The summed E-state index contributed by atoms with van der Waals surface area (Å²) in [6.45, 7) is 0. The lowest BCUT2D eigenvalue weighted by molar-refractivity contribution is 0.0886. The Kier molecular flexibility index (Phi) is 4.79. The second-order valence-corrected chi connectivity index (χ2v) is 5.28. The van der Waals surface area contributed by atoms with E-state index in [1.807, 2.05) is 0 Å². The number of ketones is 2. The van der Waals surface area contributed by atoms with Crippen molar-refractivity contribution in [3.8, 4) is 5.75 Å². The first kappa shape index (κ1) is 17.0. The predicted molar refractivity (Wildman–Crippen MR) is 90.0 cm³/mol. The number of carbonyl (C=O) groups is 3. The molecule has 3 N–H and O–H groups in total. The molecule has 130 valence electrons. The molecule has 1 aromatic heterocycles. The fourth-order valence-corrected chi connectivity index (χ4v) is 2.25. The third kappa shape index (κ3) is 3.61. The Labute approximate surface area is 147 Å². The average molecular weight is 351 g/mol. The number of carbonyl (C=O) groups excluding carboxylic acids is 3. The number of hydrogen-bond acceptors (Lipinski definition) is 7. The lowest BCUT2D eigenvalue weighted by Crippen LogP contribution is -2.14. The normalized spacial score (nSPS) is 10.3. The molecule has 3 rings (SSSR count). The Balaban J connectivity index is 1.77. The molecular weight excluding hydrogens is 338 g/mol. The summed E-state index contributed by atoms with van der Waals surface area (Å²) in [6, 6.07) is 12.7. The molecule has 3 aromatic rings. The van der Waals surface area contributed by atoms with Gasteiger partial charge in [-0.2, -0.15) is 5.21 Å². The third-order valence-corrected chi connectivity index (χ3v) is 3.54. The first-order valence-electron chi connectivity index (χ1n) is 7.54. The molecule has 0 aliphatic rings. The molecule has 1 amide bonds. The van der Waals surface area contributed by atoms with Crippen LogP contribution >= 0.6 is 0 Å². The fraction of sp³-hybridized carbons (Fsp3) is 0.0588. The number of tetrazole rings is 1. The standard InChI is InChI=1S/C17H13N5O4/c23-13(9-14(24)16-19-21-22-20-16)11-7-4-8-12(15(11)25)18-17(26)10-5-2-1-3-6-10/h1-8,25H,9H2,(H,18,26)(H,19,20,21,22). The molecule has 0 bridgehead atoms. The van der Waals surface area contributed by atoms with Crippen molar-refractivity contribution >= 4 is 23.2 Å². The van der Waals surface area contributed by atoms with Crippen LogP contribution in [-0.2, 0) is 0 Å². The minimum absolute atomic E-state index is 0.0664. The first-order valence-corrected chi connectivity index (χ1v) is 7.54. The number of benzene rings is 2. The summed E-state index contributed by atoms with van der Waals surface area (Å²) in [5, 5.41) is 25.2. The van der Waals surface area contributed by atoms with Crippen molar-refractivity contribution in [1.82, 2.24) is 20.6 Å². The van der Waals surface area contributed by atoms with Gasteiger partial charge in [-0.25, -0.2) is 0 Å².